The van der Waals surface area contributed by atoms with Crippen LogP contribution in [0.15, 0.2) is 23.3 Å². The Bertz CT molecular complexity index is 958. The summed E-state index contributed by atoms with van der Waals surface area (Å²) in [6.45, 7) is 5.88. The molecule has 29 heavy (non-hydrogen) atoms. The van der Waals surface area contributed by atoms with Gasteiger partial charge in [0.15, 0.2) is 0 Å². The lowest BCUT2D eigenvalue weighted by Gasteiger charge is -2.33. The number of carbonyl (C=O) groups excluding carboxylic acids is 1. The maximum atomic E-state index is 13.5. The normalized spacial score (nSPS) is 16.1. The number of alkyl halides is 3. The highest BCUT2D eigenvalue weighted by Crippen LogP contribution is 2.39. The minimum atomic E-state index is -4.66. The third-order valence-electron chi connectivity index (χ3n) is 4.43. The Balaban J connectivity index is 1.78. The number of likely N-dealkylation sites (tertiary alicyclic amines) is 1. The summed E-state index contributed by atoms with van der Waals surface area (Å²) in [5.74, 6) is -0.417. The minimum absolute atomic E-state index is 0.0155. The third kappa shape index (κ3) is 4.99. The molecule has 0 saturated carbocycles. The second-order valence-electron chi connectivity index (χ2n) is 7.88. The zero-order valence-electron chi connectivity index (χ0n) is 16.3. The van der Waals surface area contributed by atoms with Crippen molar-refractivity contribution < 1.29 is 27.4 Å². The predicted octanol–water partition coefficient (Wildman–Crippen LogP) is 3.72. The lowest BCUT2D eigenvalue weighted by molar-refractivity contribution is -0.139. The van der Waals surface area contributed by atoms with Gasteiger partial charge in [0.2, 0.25) is 0 Å². The van der Waals surface area contributed by atoms with E-state index < -0.39 is 40.8 Å². The molecule has 1 aromatic carbocycles. The number of benzene rings is 1. The maximum absolute atomic E-state index is 13.5. The van der Waals surface area contributed by atoms with Gasteiger partial charge in [0.1, 0.15) is 17.5 Å². The summed E-state index contributed by atoms with van der Waals surface area (Å²) in [7, 11) is 0. The molecule has 0 radical (unpaired) electrons. The molecule has 0 aliphatic carbocycles. The second kappa shape index (κ2) is 7.57. The molecule has 1 saturated heterocycles. The number of nitrogens with one attached hydrogen (secondary N) is 1. The molecule has 0 bridgehead atoms. The number of halogens is 3. The van der Waals surface area contributed by atoms with Gasteiger partial charge in [-0.2, -0.15) is 13.2 Å². The average Bonchev–Trinajstić information content (AvgIpc) is 2.60. The number of aromatic nitrogens is 2. The van der Waals surface area contributed by atoms with Crippen LogP contribution in [0, 0.1) is 0 Å². The molecule has 1 amide bonds. The van der Waals surface area contributed by atoms with Crippen molar-refractivity contribution in [1.29, 1.82) is 0 Å². The van der Waals surface area contributed by atoms with Gasteiger partial charge in [0.05, 0.1) is 22.8 Å². The van der Waals surface area contributed by atoms with Gasteiger partial charge in [-0.3, -0.25) is 4.79 Å². The van der Waals surface area contributed by atoms with Crippen LogP contribution in [0.3, 0.4) is 0 Å². The molecular formula is C19H22F3N3O4. The first-order chi connectivity index (χ1) is 13.4. The molecule has 0 atom stereocenters. The topological polar surface area (TPSA) is 84.5 Å². The predicted molar refractivity (Wildman–Crippen MR) is 98.8 cm³/mol. The molecule has 0 spiro atoms. The van der Waals surface area contributed by atoms with Crippen LogP contribution in [0.25, 0.3) is 10.9 Å². The number of carbonyl (C=O) groups is 1. The molecule has 10 heteroatoms. The van der Waals surface area contributed by atoms with Crippen molar-refractivity contribution >= 4 is 17.0 Å². The summed E-state index contributed by atoms with van der Waals surface area (Å²) >= 11 is 0. The van der Waals surface area contributed by atoms with Gasteiger partial charge in [-0.25, -0.2) is 9.78 Å². The SMILES string of the molecule is CC(C)(C)OC(=O)N1CCC(Oc2cc3c(=O)[nH]cnc3cc2C(F)(F)F)CC1. The number of amides is 1. The smallest absolute Gasteiger partial charge is 0.420 e. The van der Waals surface area contributed by atoms with Crippen LogP contribution in [-0.2, 0) is 10.9 Å². The average molecular weight is 413 g/mol. The van der Waals surface area contributed by atoms with Crippen molar-refractivity contribution in [2.24, 2.45) is 0 Å². The van der Waals surface area contributed by atoms with Crippen LogP contribution < -0.4 is 10.3 Å². The molecule has 1 fully saturated rings. The number of piperidine rings is 1. The Morgan fingerprint density at radius 3 is 2.45 bits per heavy atom. The number of ether oxygens (including phenoxy) is 2. The molecule has 7 nitrogen and oxygen atoms in total. The number of fused-ring (bicyclic) bond motifs is 1. The summed E-state index contributed by atoms with van der Waals surface area (Å²) in [6, 6.07) is 1.89. The molecule has 1 aliphatic heterocycles. The minimum Gasteiger partial charge on any atom is -0.490 e. The van der Waals surface area contributed by atoms with Crippen molar-refractivity contribution in [3.63, 3.8) is 0 Å². The number of H-pyrrole nitrogens is 1. The van der Waals surface area contributed by atoms with E-state index in [1.807, 2.05) is 0 Å². The van der Waals surface area contributed by atoms with Crippen molar-refractivity contribution in [2.75, 3.05) is 13.1 Å². The molecule has 1 aliphatic rings. The molecule has 0 unspecified atom stereocenters. The largest absolute Gasteiger partial charge is 0.490 e. The summed E-state index contributed by atoms with van der Waals surface area (Å²) < 4.78 is 51.4. The number of aromatic amines is 1. The van der Waals surface area contributed by atoms with E-state index in [2.05, 4.69) is 9.97 Å². The van der Waals surface area contributed by atoms with Crippen molar-refractivity contribution in [2.45, 2.75) is 51.5 Å². The van der Waals surface area contributed by atoms with E-state index in [-0.39, 0.29) is 10.9 Å². The number of hydrogen-bond donors (Lipinski definition) is 1. The Labute approximate surface area is 164 Å². The fraction of sp³-hybridized carbons (Fsp3) is 0.526. The van der Waals surface area contributed by atoms with Gasteiger partial charge < -0.3 is 19.4 Å². The summed E-state index contributed by atoms with van der Waals surface area (Å²) in [4.78, 5) is 31.7. The molecule has 2 aromatic rings. The van der Waals surface area contributed by atoms with Crippen molar-refractivity contribution in [3.05, 3.63) is 34.4 Å². The fourth-order valence-corrected chi connectivity index (χ4v) is 3.08. The standard InChI is InChI=1S/C19H22F3N3O4/c1-18(2,3)29-17(27)25-6-4-11(5-7-25)28-15-8-12-14(23-10-24-16(12)26)9-13(15)19(20,21)22/h8-11H,4-7H2,1-3H3,(H,23,24,26). The molecular weight excluding hydrogens is 391 g/mol. The van der Waals surface area contributed by atoms with Crippen LogP contribution in [0.1, 0.15) is 39.2 Å². The maximum Gasteiger partial charge on any atom is 0.420 e. The van der Waals surface area contributed by atoms with E-state index >= 15 is 0 Å². The van der Waals surface area contributed by atoms with E-state index in [1.54, 1.807) is 20.8 Å². The molecule has 2 heterocycles. The molecule has 3 rings (SSSR count). The zero-order chi connectivity index (χ0) is 21.4. The highest BCUT2D eigenvalue weighted by molar-refractivity contribution is 5.80. The Kier molecular flexibility index (Phi) is 5.46. The van der Waals surface area contributed by atoms with Gasteiger partial charge in [0.25, 0.3) is 5.56 Å². The molecule has 1 aromatic heterocycles. The van der Waals surface area contributed by atoms with Gasteiger partial charge in [-0.15, -0.1) is 0 Å². The first kappa shape index (κ1) is 20.9. The number of nitrogens with zero attached hydrogens (tertiary/aromatic N) is 2. The van der Waals surface area contributed by atoms with E-state index in [0.29, 0.717) is 25.9 Å². The van der Waals surface area contributed by atoms with Crippen LogP contribution in [0.2, 0.25) is 0 Å². The molecule has 1 N–H and O–H groups in total. The highest BCUT2D eigenvalue weighted by atomic mass is 19.4. The van der Waals surface area contributed by atoms with Gasteiger partial charge in [-0.1, -0.05) is 0 Å². The van der Waals surface area contributed by atoms with E-state index in [0.717, 1.165) is 18.5 Å². The lowest BCUT2D eigenvalue weighted by Crippen LogP contribution is -2.44. The van der Waals surface area contributed by atoms with Crippen LogP contribution in [0.5, 0.6) is 5.75 Å². The van der Waals surface area contributed by atoms with Gasteiger partial charge in [0, 0.05) is 25.9 Å². The second-order valence-corrected chi connectivity index (χ2v) is 7.88. The lowest BCUT2D eigenvalue weighted by atomic mass is 10.1. The quantitative estimate of drug-likeness (QED) is 0.811. The first-order valence-corrected chi connectivity index (χ1v) is 9.17. The van der Waals surface area contributed by atoms with E-state index in [1.165, 1.54) is 4.90 Å². The summed E-state index contributed by atoms with van der Waals surface area (Å²) in [5, 5.41) is 0.0155. The van der Waals surface area contributed by atoms with Crippen LogP contribution in [-0.4, -0.2) is 45.8 Å². The Morgan fingerprint density at radius 1 is 1.21 bits per heavy atom. The highest BCUT2D eigenvalue weighted by Gasteiger charge is 2.36. The Morgan fingerprint density at radius 2 is 1.86 bits per heavy atom. The van der Waals surface area contributed by atoms with Gasteiger partial charge in [-0.05, 0) is 32.9 Å². The summed E-state index contributed by atoms with van der Waals surface area (Å²) in [6.07, 6.45) is -3.91. The Hall–Kier alpha value is -2.78. The van der Waals surface area contributed by atoms with Crippen LogP contribution in [0.4, 0.5) is 18.0 Å². The first-order valence-electron chi connectivity index (χ1n) is 9.17. The van der Waals surface area contributed by atoms with Gasteiger partial charge >= 0.3 is 12.3 Å². The molecule has 158 valence electrons. The number of rotatable bonds is 2. The zero-order valence-corrected chi connectivity index (χ0v) is 16.3. The van der Waals surface area contributed by atoms with E-state index in [4.69, 9.17) is 9.47 Å². The number of hydrogen-bond acceptors (Lipinski definition) is 5. The fourth-order valence-electron chi connectivity index (χ4n) is 3.08. The summed E-state index contributed by atoms with van der Waals surface area (Å²) in [5.41, 5.74) is -2.22. The third-order valence-corrected chi connectivity index (χ3v) is 4.43. The van der Waals surface area contributed by atoms with E-state index in [9.17, 15) is 22.8 Å². The monoisotopic (exact) mass is 413 g/mol. The van der Waals surface area contributed by atoms with Crippen LogP contribution >= 0.6 is 0 Å². The van der Waals surface area contributed by atoms with Crippen molar-refractivity contribution in [3.8, 4) is 5.75 Å². The van der Waals surface area contributed by atoms with Crippen molar-refractivity contribution in [1.82, 2.24) is 14.9 Å².